The quantitative estimate of drug-likeness (QED) is 0.895. The lowest BCUT2D eigenvalue weighted by atomic mass is 9.80. The number of nitrogens with one attached hydrogen (secondary N) is 1. The van der Waals surface area contributed by atoms with Gasteiger partial charge in [-0.3, -0.25) is 4.90 Å². The van der Waals surface area contributed by atoms with Gasteiger partial charge in [0.2, 0.25) is 0 Å². The Morgan fingerprint density at radius 2 is 1.63 bits per heavy atom. The summed E-state index contributed by atoms with van der Waals surface area (Å²) in [7, 11) is 0. The van der Waals surface area contributed by atoms with E-state index in [9.17, 15) is 0 Å². The van der Waals surface area contributed by atoms with E-state index >= 15 is 0 Å². The largest absolute Gasteiger partial charge is 0.314 e. The van der Waals surface area contributed by atoms with E-state index in [1.165, 1.54) is 50.8 Å². The topological polar surface area (TPSA) is 15.3 Å². The Balaban J connectivity index is 1.81. The summed E-state index contributed by atoms with van der Waals surface area (Å²) in [6, 6.07) is 11.9. The third kappa shape index (κ3) is 3.18. The number of piperazine rings is 1. The number of benzene rings is 1. The molecule has 104 valence electrons. The molecule has 2 aliphatic rings. The number of hydrogen-bond donors (Lipinski definition) is 1. The summed E-state index contributed by atoms with van der Waals surface area (Å²) in [5, 5.41) is 3.48. The van der Waals surface area contributed by atoms with Gasteiger partial charge in [0.15, 0.2) is 0 Å². The standard InChI is InChI=1S/C17H26N2/c1-3-7-15(8-4-1)17(16-9-5-2-6-10-16)19-13-11-18-12-14-19/h1,3-4,7-8,16-18H,2,5-6,9-14H2. The van der Waals surface area contributed by atoms with Crippen molar-refractivity contribution in [1.82, 2.24) is 10.2 Å². The van der Waals surface area contributed by atoms with E-state index in [1.807, 2.05) is 0 Å². The fourth-order valence-corrected chi connectivity index (χ4v) is 3.84. The van der Waals surface area contributed by atoms with Gasteiger partial charge in [0, 0.05) is 32.2 Å². The van der Waals surface area contributed by atoms with E-state index in [2.05, 4.69) is 40.5 Å². The zero-order valence-corrected chi connectivity index (χ0v) is 11.9. The summed E-state index contributed by atoms with van der Waals surface area (Å²) in [6.45, 7) is 4.71. The molecule has 2 fully saturated rings. The first kappa shape index (κ1) is 13.1. The van der Waals surface area contributed by atoms with Crippen LogP contribution in [-0.2, 0) is 0 Å². The van der Waals surface area contributed by atoms with Crippen molar-refractivity contribution in [3.8, 4) is 0 Å². The van der Waals surface area contributed by atoms with Crippen LogP contribution in [0.1, 0.15) is 43.7 Å². The zero-order valence-electron chi connectivity index (χ0n) is 11.9. The second-order valence-electron chi connectivity index (χ2n) is 6.04. The first-order valence-corrected chi connectivity index (χ1v) is 7.95. The molecule has 19 heavy (non-hydrogen) atoms. The molecular formula is C17H26N2. The summed E-state index contributed by atoms with van der Waals surface area (Å²) in [5.41, 5.74) is 1.54. The minimum Gasteiger partial charge on any atom is -0.314 e. The predicted octanol–water partition coefficient (Wildman–Crippen LogP) is 3.21. The Morgan fingerprint density at radius 1 is 0.947 bits per heavy atom. The molecule has 0 amide bonds. The highest BCUT2D eigenvalue weighted by Crippen LogP contribution is 2.38. The summed E-state index contributed by atoms with van der Waals surface area (Å²) in [4.78, 5) is 2.72. The zero-order chi connectivity index (χ0) is 12.9. The smallest absolute Gasteiger partial charge is 0.0377 e. The molecule has 3 rings (SSSR count). The van der Waals surface area contributed by atoms with Gasteiger partial charge < -0.3 is 5.32 Å². The second-order valence-corrected chi connectivity index (χ2v) is 6.04. The number of rotatable bonds is 3. The van der Waals surface area contributed by atoms with Crippen LogP contribution in [0.2, 0.25) is 0 Å². The highest BCUT2D eigenvalue weighted by atomic mass is 15.2. The molecule has 0 bridgehead atoms. The minimum absolute atomic E-state index is 0.656. The third-order valence-electron chi connectivity index (χ3n) is 4.78. The van der Waals surface area contributed by atoms with Crippen molar-refractivity contribution in [2.45, 2.75) is 38.1 Å². The second kappa shape index (κ2) is 6.53. The van der Waals surface area contributed by atoms with Gasteiger partial charge in [-0.1, -0.05) is 49.6 Å². The van der Waals surface area contributed by atoms with E-state index in [0.29, 0.717) is 6.04 Å². The van der Waals surface area contributed by atoms with Crippen LogP contribution < -0.4 is 5.32 Å². The van der Waals surface area contributed by atoms with Crippen molar-refractivity contribution in [1.29, 1.82) is 0 Å². The Kier molecular flexibility index (Phi) is 4.52. The molecule has 1 aromatic rings. The molecule has 1 N–H and O–H groups in total. The van der Waals surface area contributed by atoms with Crippen LogP contribution in [0.15, 0.2) is 30.3 Å². The highest BCUT2D eigenvalue weighted by Gasteiger charge is 2.30. The third-order valence-corrected chi connectivity index (χ3v) is 4.78. The number of hydrogen-bond acceptors (Lipinski definition) is 2. The minimum atomic E-state index is 0.656. The van der Waals surface area contributed by atoms with Crippen LogP contribution in [0.3, 0.4) is 0 Å². The SMILES string of the molecule is c1ccc(C(C2CCCCC2)N2CCNCC2)cc1. The summed E-state index contributed by atoms with van der Waals surface area (Å²) in [5.74, 6) is 0.870. The van der Waals surface area contributed by atoms with Gasteiger partial charge in [-0.25, -0.2) is 0 Å². The van der Waals surface area contributed by atoms with Crippen LogP contribution in [0, 0.1) is 5.92 Å². The van der Waals surface area contributed by atoms with Crippen LogP contribution in [0.5, 0.6) is 0 Å². The van der Waals surface area contributed by atoms with E-state index in [4.69, 9.17) is 0 Å². The summed E-state index contributed by atoms with van der Waals surface area (Å²) in [6.07, 6.45) is 7.15. The van der Waals surface area contributed by atoms with Crippen LogP contribution in [-0.4, -0.2) is 31.1 Å². The lowest BCUT2D eigenvalue weighted by Crippen LogP contribution is -2.47. The van der Waals surface area contributed by atoms with Gasteiger partial charge in [0.05, 0.1) is 0 Å². The molecule has 2 nitrogen and oxygen atoms in total. The van der Waals surface area contributed by atoms with E-state index in [1.54, 1.807) is 0 Å². The van der Waals surface area contributed by atoms with Crippen molar-refractivity contribution in [3.63, 3.8) is 0 Å². The van der Waals surface area contributed by atoms with Crippen molar-refractivity contribution < 1.29 is 0 Å². The fraction of sp³-hybridized carbons (Fsp3) is 0.647. The summed E-state index contributed by atoms with van der Waals surface area (Å²) < 4.78 is 0. The van der Waals surface area contributed by atoms with Crippen LogP contribution in [0.4, 0.5) is 0 Å². The maximum absolute atomic E-state index is 3.48. The van der Waals surface area contributed by atoms with Crippen molar-refractivity contribution in [3.05, 3.63) is 35.9 Å². The van der Waals surface area contributed by atoms with Gasteiger partial charge >= 0.3 is 0 Å². The van der Waals surface area contributed by atoms with Crippen molar-refractivity contribution in [2.75, 3.05) is 26.2 Å². The number of nitrogens with zero attached hydrogens (tertiary/aromatic N) is 1. The molecule has 1 heterocycles. The molecular weight excluding hydrogens is 232 g/mol. The van der Waals surface area contributed by atoms with E-state index in [0.717, 1.165) is 19.0 Å². The lowest BCUT2D eigenvalue weighted by Gasteiger charge is -2.41. The van der Waals surface area contributed by atoms with Gasteiger partial charge in [-0.15, -0.1) is 0 Å². The average molecular weight is 258 g/mol. The molecule has 0 spiro atoms. The highest BCUT2D eigenvalue weighted by molar-refractivity contribution is 5.20. The molecule has 1 saturated heterocycles. The first-order chi connectivity index (χ1) is 9.45. The Hall–Kier alpha value is -0.860. The molecule has 1 saturated carbocycles. The van der Waals surface area contributed by atoms with E-state index < -0.39 is 0 Å². The maximum Gasteiger partial charge on any atom is 0.0377 e. The molecule has 0 aromatic heterocycles. The summed E-state index contributed by atoms with van der Waals surface area (Å²) >= 11 is 0. The molecule has 1 atom stereocenters. The van der Waals surface area contributed by atoms with Gasteiger partial charge in [-0.2, -0.15) is 0 Å². The van der Waals surface area contributed by atoms with Crippen molar-refractivity contribution >= 4 is 0 Å². The first-order valence-electron chi connectivity index (χ1n) is 7.95. The molecule has 1 unspecified atom stereocenters. The van der Waals surface area contributed by atoms with Gasteiger partial charge in [0.25, 0.3) is 0 Å². The molecule has 1 aliphatic carbocycles. The van der Waals surface area contributed by atoms with Crippen LogP contribution in [0.25, 0.3) is 0 Å². The fourth-order valence-electron chi connectivity index (χ4n) is 3.84. The van der Waals surface area contributed by atoms with Gasteiger partial charge in [-0.05, 0) is 24.3 Å². The average Bonchev–Trinajstić information content (AvgIpc) is 2.51. The van der Waals surface area contributed by atoms with E-state index in [-0.39, 0.29) is 0 Å². The molecule has 1 aromatic carbocycles. The van der Waals surface area contributed by atoms with Gasteiger partial charge in [0.1, 0.15) is 0 Å². The molecule has 1 aliphatic heterocycles. The lowest BCUT2D eigenvalue weighted by molar-refractivity contribution is 0.103. The molecule has 0 radical (unpaired) electrons. The normalized spacial score (nSPS) is 24.2. The predicted molar refractivity (Wildman–Crippen MR) is 80.2 cm³/mol. The Labute approximate surface area is 117 Å². The maximum atomic E-state index is 3.48. The van der Waals surface area contributed by atoms with Crippen molar-refractivity contribution in [2.24, 2.45) is 5.92 Å². The monoisotopic (exact) mass is 258 g/mol. The Morgan fingerprint density at radius 3 is 2.32 bits per heavy atom. The Bertz CT molecular complexity index is 346. The molecule has 2 heteroatoms. The van der Waals surface area contributed by atoms with Crippen LogP contribution >= 0.6 is 0 Å².